The van der Waals surface area contributed by atoms with Gasteiger partial charge in [0.25, 0.3) is 0 Å². The van der Waals surface area contributed by atoms with E-state index in [2.05, 4.69) is 10.4 Å². The summed E-state index contributed by atoms with van der Waals surface area (Å²) in [6.45, 7) is 5.57. The van der Waals surface area contributed by atoms with E-state index >= 15 is 0 Å². The SMILES string of the molecule is Cn1ncc([N+](=O)[O-])c1N1CCCC(NC(=O)OC(C)(C)C)C(F)C1. The van der Waals surface area contributed by atoms with Crippen molar-refractivity contribution in [3.63, 3.8) is 0 Å². The molecule has 1 aliphatic rings. The molecular weight excluding hydrogens is 333 g/mol. The van der Waals surface area contributed by atoms with Crippen molar-refractivity contribution < 1.29 is 18.8 Å². The Balaban J connectivity index is 2.09. The predicted octanol–water partition coefficient (Wildman–Crippen LogP) is 2.16. The summed E-state index contributed by atoms with van der Waals surface area (Å²) in [6.07, 6.45) is 0.0972. The van der Waals surface area contributed by atoms with Crippen LogP contribution in [0, 0.1) is 10.1 Å². The number of amides is 1. The third-order valence-corrected chi connectivity index (χ3v) is 3.86. The highest BCUT2D eigenvalue weighted by molar-refractivity contribution is 5.68. The molecule has 1 aliphatic heterocycles. The van der Waals surface area contributed by atoms with E-state index < -0.39 is 28.8 Å². The molecular formula is C15H24FN5O4. The van der Waals surface area contributed by atoms with E-state index in [0.717, 1.165) is 6.20 Å². The lowest BCUT2D eigenvalue weighted by molar-refractivity contribution is -0.384. The molecule has 0 aliphatic carbocycles. The van der Waals surface area contributed by atoms with Crippen molar-refractivity contribution in [1.82, 2.24) is 15.1 Å². The number of hydrogen-bond donors (Lipinski definition) is 1. The topological polar surface area (TPSA) is 103 Å². The van der Waals surface area contributed by atoms with Gasteiger partial charge in [-0.1, -0.05) is 0 Å². The first-order valence-corrected chi connectivity index (χ1v) is 8.13. The van der Waals surface area contributed by atoms with E-state index in [1.807, 2.05) is 0 Å². The number of carbonyl (C=O) groups is 1. The molecule has 0 spiro atoms. The molecule has 2 unspecified atom stereocenters. The number of aromatic nitrogens is 2. The minimum atomic E-state index is -1.38. The fraction of sp³-hybridized carbons (Fsp3) is 0.733. The van der Waals surface area contributed by atoms with Crippen LogP contribution in [0.1, 0.15) is 33.6 Å². The van der Waals surface area contributed by atoms with Crippen molar-refractivity contribution in [3.05, 3.63) is 16.3 Å². The van der Waals surface area contributed by atoms with Crippen LogP contribution in [-0.2, 0) is 11.8 Å². The van der Waals surface area contributed by atoms with E-state index in [0.29, 0.717) is 19.4 Å². The van der Waals surface area contributed by atoms with Crippen LogP contribution in [0.4, 0.5) is 20.7 Å². The smallest absolute Gasteiger partial charge is 0.407 e. The van der Waals surface area contributed by atoms with Gasteiger partial charge in [-0.15, -0.1) is 0 Å². The zero-order chi connectivity index (χ0) is 18.8. The molecule has 2 rings (SSSR count). The summed E-state index contributed by atoms with van der Waals surface area (Å²) in [5.74, 6) is 0.269. The fourth-order valence-electron chi connectivity index (χ4n) is 2.84. The third-order valence-electron chi connectivity index (χ3n) is 3.86. The zero-order valence-electron chi connectivity index (χ0n) is 14.9. The highest BCUT2D eigenvalue weighted by atomic mass is 19.1. The lowest BCUT2D eigenvalue weighted by Crippen LogP contribution is -2.46. The maximum absolute atomic E-state index is 14.7. The predicted molar refractivity (Wildman–Crippen MR) is 89.4 cm³/mol. The quantitative estimate of drug-likeness (QED) is 0.657. The fourth-order valence-corrected chi connectivity index (χ4v) is 2.84. The number of alkyl halides is 1. The number of halogens is 1. The molecule has 1 N–H and O–H groups in total. The normalized spacial score (nSPS) is 21.6. The van der Waals surface area contributed by atoms with Crippen molar-refractivity contribution in [2.45, 2.75) is 51.4 Å². The lowest BCUT2D eigenvalue weighted by atomic mass is 10.1. The summed E-state index contributed by atoms with van der Waals surface area (Å²) >= 11 is 0. The number of nitrogens with zero attached hydrogens (tertiary/aromatic N) is 4. The summed E-state index contributed by atoms with van der Waals surface area (Å²) in [5, 5.41) is 17.6. The zero-order valence-corrected chi connectivity index (χ0v) is 14.9. The van der Waals surface area contributed by atoms with E-state index in [4.69, 9.17) is 4.74 Å². The van der Waals surface area contributed by atoms with Gasteiger partial charge in [-0.3, -0.25) is 10.1 Å². The number of carbonyl (C=O) groups excluding carboxylic acids is 1. The Labute approximate surface area is 145 Å². The molecule has 1 saturated heterocycles. The molecule has 25 heavy (non-hydrogen) atoms. The first-order valence-electron chi connectivity index (χ1n) is 8.13. The molecule has 0 saturated carbocycles. The number of nitro groups is 1. The Kier molecular flexibility index (Phi) is 5.48. The van der Waals surface area contributed by atoms with E-state index in [-0.39, 0.29) is 18.1 Å². The van der Waals surface area contributed by atoms with Gasteiger partial charge in [0, 0.05) is 13.6 Å². The lowest BCUT2D eigenvalue weighted by Gasteiger charge is -2.26. The molecule has 1 fully saturated rings. The van der Waals surface area contributed by atoms with Gasteiger partial charge in [-0.05, 0) is 33.6 Å². The van der Waals surface area contributed by atoms with Crippen molar-refractivity contribution in [2.75, 3.05) is 18.0 Å². The van der Waals surface area contributed by atoms with Crippen LogP contribution in [-0.4, -0.2) is 51.7 Å². The maximum Gasteiger partial charge on any atom is 0.407 e. The largest absolute Gasteiger partial charge is 0.444 e. The molecule has 2 atom stereocenters. The number of rotatable bonds is 3. The van der Waals surface area contributed by atoms with Crippen LogP contribution in [0.15, 0.2) is 6.20 Å². The molecule has 10 heteroatoms. The number of ether oxygens (including phenoxy) is 1. The Morgan fingerprint density at radius 1 is 1.52 bits per heavy atom. The highest BCUT2D eigenvalue weighted by Crippen LogP contribution is 2.29. The second-order valence-electron chi connectivity index (χ2n) is 7.09. The van der Waals surface area contributed by atoms with Crippen molar-refractivity contribution >= 4 is 17.6 Å². The Morgan fingerprint density at radius 3 is 2.80 bits per heavy atom. The number of alkyl carbamates (subject to hydrolysis) is 1. The van der Waals surface area contributed by atoms with Crippen LogP contribution in [0.2, 0.25) is 0 Å². The van der Waals surface area contributed by atoms with Gasteiger partial charge in [0.15, 0.2) is 0 Å². The number of hydrogen-bond acceptors (Lipinski definition) is 6. The van der Waals surface area contributed by atoms with Crippen molar-refractivity contribution in [2.24, 2.45) is 7.05 Å². The molecule has 1 aromatic rings. The molecule has 2 heterocycles. The Bertz CT molecular complexity index is 642. The van der Waals surface area contributed by atoms with Gasteiger partial charge in [0.05, 0.1) is 17.5 Å². The minimum Gasteiger partial charge on any atom is -0.444 e. The summed E-state index contributed by atoms with van der Waals surface area (Å²) in [6, 6.07) is -0.702. The van der Waals surface area contributed by atoms with Crippen LogP contribution in [0.25, 0.3) is 0 Å². The van der Waals surface area contributed by atoms with Crippen LogP contribution >= 0.6 is 0 Å². The second-order valence-corrected chi connectivity index (χ2v) is 7.09. The summed E-state index contributed by atoms with van der Waals surface area (Å²) < 4.78 is 21.2. The first-order chi connectivity index (χ1) is 11.6. The van der Waals surface area contributed by atoms with E-state index in [9.17, 15) is 19.3 Å². The van der Waals surface area contributed by atoms with Crippen LogP contribution < -0.4 is 10.2 Å². The average molecular weight is 357 g/mol. The number of nitrogens with one attached hydrogen (secondary N) is 1. The van der Waals surface area contributed by atoms with Crippen molar-refractivity contribution in [1.29, 1.82) is 0 Å². The summed E-state index contributed by atoms with van der Waals surface area (Å²) in [7, 11) is 1.58. The Morgan fingerprint density at radius 2 is 2.20 bits per heavy atom. The second kappa shape index (κ2) is 7.24. The number of anilines is 1. The van der Waals surface area contributed by atoms with Crippen LogP contribution in [0.3, 0.4) is 0 Å². The standard InChI is InChI=1S/C15H24FN5O4/c1-15(2,3)25-14(22)18-11-6-5-7-20(9-10(11)16)13-12(21(23)24)8-17-19(13)4/h8,10-11H,5-7,9H2,1-4H3,(H,18,22). The van der Waals surface area contributed by atoms with Gasteiger partial charge < -0.3 is 15.0 Å². The van der Waals surface area contributed by atoms with Gasteiger partial charge >= 0.3 is 11.8 Å². The molecule has 0 aromatic carbocycles. The van der Waals surface area contributed by atoms with Crippen LogP contribution in [0.5, 0.6) is 0 Å². The Hall–Kier alpha value is -2.39. The summed E-state index contributed by atoms with van der Waals surface area (Å²) in [5.41, 5.74) is -0.824. The van der Waals surface area contributed by atoms with E-state index in [1.165, 1.54) is 4.68 Å². The van der Waals surface area contributed by atoms with E-state index in [1.54, 1.807) is 32.7 Å². The summed E-state index contributed by atoms with van der Waals surface area (Å²) in [4.78, 5) is 24.1. The highest BCUT2D eigenvalue weighted by Gasteiger charge is 2.33. The molecule has 0 radical (unpaired) electrons. The maximum atomic E-state index is 14.7. The molecule has 1 amide bonds. The first kappa shape index (κ1) is 18.9. The average Bonchev–Trinajstić information content (AvgIpc) is 2.75. The van der Waals surface area contributed by atoms with Gasteiger partial charge in [0.2, 0.25) is 5.82 Å². The molecule has 140 valence electrons. The third kappa shape index (κ3) is 4.80. The number of aryl methyl sites for hydroxylation is 1. The van der Waals surface area contributed by atoms with Gasteiger partial charge in [0.1, 0.15) is 18.0 Å². The van der Waals surface area contributed by atoms with Gasteiger partial charge in [-0.25, -0.2) is 13.9 Å². The monoisotopic (exact) mass is 357 g/mol. The molecule has 1 aromatic heterocycles. The van der Waals surface area contributed by atoms with Gasteiger partial charge in [-0.2, -0.15) is 5.10 Å². The molecule has 9 nitrogen and oxygen atoms in total. The minimum absolute atomic E-state index is 0.0686. The molecule has 0 bridgehead atoms. The van der Waals surface area contributed by atoms with Crippen molar-refractivity contribution in [3.8, 4) is 0 Å².